The molecule has 0 aliphatic carbocycles. The van der Waals surface area contributed by atoms with Gasteiger partial charge in [-0.15, -0.1) is 0 Å². The van der Waals surface area contributed by atoms with Crippen LogP contribution < -0.4 is 11.5 Å². The van der Waals surface area contributed by atoms with E-state index < -0.39 is 24.0 Å². The van der Waals surface area contributed by atoms with Crippen LogP contribution in [0.5, 0.6) is 0 Å². The predicted molar refractivity (Wildman–Crippen MR) is 120 cm³/mol. The lowest BCUT2D eigenvalue weighted by atomic mass is 10.1. The number of hydrogen-bond donors (Lipinski definition) is 6. The van der Waals surface area contributed by atoms with E-state index in [1.807, 2.05) is 36.5 Å². The van der Waals surface area contributed by atoms with Gasteiger partial charge in [-0.05, 0) is 35.4 Å². The van der Waals surface area contributed by atoms with E-state index in [4.69, 9.17) is 33.3 Å². The summed E-state index contributed by atoms with van der Waals surface area (Å²) in [5.41, 5.74) is 14.7. The Morgan fingerprint density at radius 3 is 1.94 bits per heavy atom. The maximum atomic E-state index is 10.7. The second kappa shape index (κ2) is 9.65. The third kappa shape index (κ3) is 5.43. The standard InChI is InChI=1S/C11H11ClN2O2.C11H12N2O2/c12-7-1-2-10-8(4-7)6(5-14-10)3-9(13)11(15)16;12-9(11(14)15)5-7-6-13-10-4-2-1-3-8(7)10/h1-2,4-5,9,14H,3,13H2,(H,15,16);1-4,6,9,13H,5,12H2,(H,14,15)/t2*9-/m00/s1. The van der Waals surface area contributed by atoms with Gasteiger partial charge in [0.25, 0.3) is 0 Å². The minimum Gasteiger partial charge on any atom is -0.480 e. The fourth-order valence-corrected chi connectivity index (χ4v) is 3.44. The van der Waals surface area contributed by atoms with E-state index in [9.17, 15) is 9.59 Å². The van der Waals surface area contributed by atoms with Gasteiger partial charge in [0.1, 0.15) is 12.1 Å². The maximum Gasteiger partial charge on any atom is 0.320 e. The lowest BCUT2D eigenvalue weighted by Crippen LogP contribution is -2.32. The third-order valence-electron chi connectivity index (χ3n) is 4.92. The highest BCUT2D eigenvalue weighted by molar-refractivity contribution is 6.31. The number of aromatic amines is 2. The van der Waals surface area contributed by atoms with Crippen molar-refractivity contribution in [1.82, 2.24) is 9.97 Å². The molecular weight excluding hydrogens is 420 g/mol. The Bertz CT molecular complexity index is 1220. The highest BCUT2D eigenvalue weighted by Gasteiger charge is 2.15. The van der Waals surface area contributed by atoms with E-state index in [2.05, 4.69) is 9.97 Å². The molecule has 4 rings (SSSR count). The summed E-state index contributed by atoms with van der Waals surface area (Å²) in [5, 5.41) is 20.0. The van der Waals surface area contributed by atoms with Gasteiger partial charge in [-0.3, -0.25) is 9.59 Å². The number of H-pyrrole nitrogens is 2. The largest absolute Gasteiger partial charge is 0.480 e. The third-order valence-corrected chi connectivity index (χ3v) is 5.15. The summed E-state index contributed by atoms with van der Waals surface area (Å²) in [6.07, 6.45) is 4.21. The first-order valence-corrected chi connectivity index (χ1v) is 9.91. The molecule has 0 aliphatic heterocycles. The van der Waals surface area contributed by atoms with E-state index in [0.717, 1.165) is 32.9 Å². The van der Waals surface area contributed by atoms with Crippen molar-refractivity contribution in [3.05, 3.63) is 71.0 Å². The predicted octanol–water partition coefficient (Wildman–Crippen LogP) is 2.90. The number of nitrogens with two attached hydrogens (primary N) is 2. The second-order valence-electron chi connectivity index (χ2n) is 7.16. The summed E-state index contributed by atoms with van der Waals surface area (Å²) in [6.45, 7) is 0. The van der Waals surface area contributed by atoms with Crippen LogP contribution in [0.15, 0.2) is 54.9 Å². The number of aromatic nitrogens is 2. The zero-order chi connectivity index (χ0) is 22.5. The van der Waals surface area contributed by atoms with E-state index in [1.54, 1.807) is 18.3 Å². The molecule has 162 valence electrons. The molecule has 0 saturated carbocycles. The van der Waals surface area contributed by atoms with Crippen molar-refractivity contribution in [3.63, 3.8) is 0 Å². The van der Waals surface area contributed by atoms with E-state index in [0.29, 0.717) is 11.4 Å². The molecule has 2 heterocycles. The molecule has 0 fully saturated rings. The zero-order valence-corrected chi connectivity index (χ0v) is 17.3. The van der Waals surface area contributed by atoms with Crippen LogP contribution in [0, 0.1) is 0 Å². The molecule has 4 aromatic rings. The van der Waals surface area contributed by atoms with Crippen molar-refractivity contribution in [2.24, 2.45) is 11.5 Å². The molecule has 0 saturated heterocycles. The lowest BCUT2D eigenvalue weighted by molar-refractivity contribution is -0.139. The summed E-state index contributed by atoms with van der Waals surface area (Å²) in [4.78, 5) is 27.4. The topological polar surface area (TPSA) is 158 Å². The fraction of sp³-hybridized carbons (Fsp3) is 0.182. The Balaban J connectivity index is 0.000000176. The Morgan fingerprint density at radius 1 is 0.839 bits per heavy atom. The van der Waals surface area contributed by atoms with Gasteiger partial charge in [0.05, 0.1) is 0 Å². The highest BCUT2D eigenvalue weighted by atomic mass is 35.5. The number of fused-ring (bicyclic) bond motifs is 2. The number of hydrogen-bond acceptors (Lipinski definition) is 4. The van der Waals surface area contributed by atoms with Crippen LogP contribution in [0.2, 0.25) is 5.02 Å². The molecule has 2 aromatic heterocycles. The van der Waals surface area contributed by atoms with Crippen molar-refractivity contribution in [2.75, 3.05) is 0 Å². The first-order chi connectivity index (χ1) is 14.8. The van der Waals surface area contributed by atoms with Gasteiger partial charge in [-0.1, -0.05) is 29.8 Å². The monoisotopic (exact) mass is 442 g/mol. The molecule has 2 atom stereocenters. The number of benzene rings is 2. The Morgan fingerprint density at radius 2 is 1.35 bits per heavy atom. The fourth-order valence-electron chi connectivity index (χ4n) is 3.27. The number of halogens is 1. The van der Waals surface area contributed by atoms with Crippen LogP contribution in [0.4, 0.5) is 0 Å². The second-order valence-corrected chi connectivity index (χ2v) is 7.60. The minimum atomic E-state index is -1.00. The van der Waals surface area contributed by atoms with Gasteiger partial charge < -0.3 is 31.6 Å². The van der Waals surface area contributed by atoms with Gasteiger partial charge in [0.15, 0.2) is 0 Å². The van der Waals surface area contributed by atoms with Gasteiger partial charge in [-0.25, -0.2) is 0 Å². The van der Waals surface area contributed by atoms with Crippen LogP contribution in [0.3, 0.4) is 0 Å². The van der Waals surface area contributed by atoms with Crippen LogP contribution in [0.25, 0.3) is 21.8 Å². The van der Waals surface area contributed by atoms with Gasteiger partial charge >= 0.3 is 11.9 Å². The number of aliphatic carboxylic acids is 2. The summed E-state index contributed by atoms with van der Waals surface area (Å²) in [6, 6.07) is 11.5. The Hall–Kier alpha value is -3.33. The van der Waals surface area contributed by atoms with Gasteiger partial charge in [-0.2, -0.15) is 0 Å². The van der Waals surface area contributed by atoms with Gasteiger partial charge in [0, 0.05) is 52.1 Å². The molecule has 8 nitrogen and oxygen atoms in total. The molecule has 9 heteroatoms. The van der Waals surface area contributed by atoms with Crippen molar-refractivity contribution in [3.8, 4) is 0 Å². The normalized spacial score (nSPS) is 12.9. The number of carbonyl (C=O) groups is 2. The molecule has 2 aromatic carbocycles. The number of carboxylic acid groups (broad SMARTS) is 2. The minimum absolute atomic E-state index is 0.287. The SMILES string of the molecule is N[C@@H](Cc1c[nH]c2ccc(Cl)cc12)C(=O)O.N[C@@H](Cc1c[nH]c2ccccc12)C(=O)O. The first-order valence-electron chi connectivity index (χ1n) is 9.53. The average Bonchev–Trinajstić information content (AvgIpc) is 3.32. The van der Waals surface area contributed by atoms with Crippen LogP contribution in [-0.4, -0.2) is 44.2 Å². The van der Waals surface area contributed by atoms with Crippen LogP contribution in [0.1, 0.15) is 11.1 Å². The van der Waals surface area contributed by atoms with Crippen LogP contribution >= 0.6 is 11.6 Å². The zero-order valence-electron chi connectivity index (χ0n) is 16.5. The van der Waals surface area contributed by atoms with Crippen molar-refractivity contribution < 1.29 is 19.8 Å². The Kier molecular flexibility index (Phi) is 6.96. The van der Waals surface area contributed by atoms with Crippen molar-refractivity contribution in [1.29, 1.82) is 0 Å². The molecule has 0 radical (unpaired) electrons. The van der Waals surface area contributed by atoms with Gasteiger partial charge in [0.2, 0.25) is 0 Å². The van der Waals surface area contributed by atoms with Crippen LogP contribution in [-0.2, 0) is 22.4 Å². The van der Waals surface area contributed by atoms with E-state index >= 15 is 0 Å². The van der Waals surface area contributed by atoms with E-state index in [-0.39, 0.29) is 6.42 Å². The Labute approximate surface area is 182 Å². The molecule has 0 aliphatic rings. The molecular formula is C22H23ClN4O4. The average molecular weight is 443 g/mol. The van der Waals surface area contributed by atoms with E-state index in [1.165, 1.54) is 0 Å². The van der Waals surface area contributed by atoms with Crippen molar-refractivity contribution in [2.45, 2.75) is 24.9 Å². The summed E-state index contributed by atoms with van der Waals surface area (Å²) in [7, 11) is 0. The molecule has 0 amide bonds. The molecule has 8 N–H and O–H groups in total. The highest BCUT2D eigenvalue weighted by Crippen LogP contribution is 2.23. The number of carboxylic acids is 2. The lowest BCUT2D eigenvalue weighted by Gasteiger charge is -2.04. The summed E-state index contributed by atoms with van der Waals surface area (Å²) >= 11 is 5.89. The number of nitrogens with one attached hydrogen (secondary N) is 2. The van der Waals surface area contributed by atoms with Crippen molar-refractivity contribution >= 4 is 45.3 Å². The maximum absolute atomic E-state index is 10.7. The number of para-hydroxylation sites is 1. The molecule has 0 bridgehead atoms. The number of rotatable bonds is 6. The summed E-state index contributed by atoms with van der Waals surface area (Å²) in [5.74, 6) is -1.98. The molecule has 0 spiro atoms. The smallest absolute Gasteiger partial charge is 0.320 e. The summed E-state index contributed by atoms with van der Waals surface area (Å²) < 4.78 is 0. The quantitative estimate of drug-likeness (QED) is 0.269. The molecule has 0 unspecified atom stereocenters. The first kappa shape index (κ1) is 22.4. The molecule has 31 heavy (non-hydrogen) atoms.